The normalized spacial score (nSPS) is 17.9. The maximum Gasteiger partial charge on any atom is 0.410 e. The standard InChI is InChI=1S/C14H17IN2O3/c1-2-20-14(19)17-8-4-7-12(17)13(18)16-11-6-3-5-10(15)9-11/h3,5-6,9,12H,2,4,7-8H2,1H3,(H,16,18). The van der Waals surface area contributed by atoms with Crippen LogP contribution >= 0.6 is 22.6 Å². The quantitative estimate of drug-likeness (QED) is 0.811. The Balaban J connectivity index is 2.02. The molecule has 0 aromatic heterocycles. The summed E-state index contributed by atoms with van der Waals surface area (Å²) in [7, 11) is 0. The average molecular weight is 388 g/mol. The highest BCUT2D eigenvalue weighted by atomic mass is 127. The van der Waals surface area contributed by atoms with E-state index in [0.717, 1.165) is 15.7 Å². The van der Waals surface area contributed by atoms with E-state index in [-0.39, 0.29) is 5.91 Å². The SMILES string of the molecule is CCOC(=O)N1CCCC1C(=O)Nc1cccc(I)c1. The van der Waals surface area contributed by atoms with Crippen molar-refractivity contribution >= 4 is 40.3 Å². The zero-order valence-electron chi connectivity index (χ0n) is 11.3. The number of ether oxygens (including phenoxy) is 1. The summed E-state index contributed by atoms with van der Waals surface area (Å²) in [4.78, 5) is 25.6. The van der Waals surface area contributed by atoms with E-state index in [4.69, 9.17) is 4.74 Å². The molecule has 6 heteroatoms. The van der Waals surface area contributed by atoms with Gasteiger partial charge in [0.25, 0.3) is 0 Å². The number of anilines is 1. The molecule has 2 amide bonds. The first kappa shape index (κ1) is 15.1. The van der Waals surface area contributed by atoms with Crippen molar-refractivity contribution in [3.8, 4) is 0 Å². The Morgan fingerprint density at radius 3 is 3.00 bits per heavy atom. The summed E-state index contributed by atoms with van der Waals surface area (Å²) in [6, 6.07) is 7.13. The van der Waals surface area contributed by atoms with Crippen molar-refractivity contribution in [2.45, 2.75) is 25.8 Å². The Labute approximate surface area is 131 Å². The highest BCUT2D eigenvalue weighted by Gasteiger charge is 2.34. The first-order valence-electron chi connectivity index (χ1n) is 6.61. The minimum atomic E-state index is -0.438. The van der Waals surface area contributed by atoms with E-state index in [1.165, 1.54) is 4.90 Å². The van der Waals surface area contributed by atoms with Gasteiger partial charge in [-0.05, 0) is 60.6 Å². The predicted octanol–water partition coefficient (Wildman–Crippen LogP) is 2.85. The zero-order chi connectivity index (χ0) is 14.5. The van der Waals surface area contributed by atoms with E-state index in [2.05, 4.69) is 27.9 Å². The fourth-order valence-electron chi connectivity index (χ4n) is 2.26. The molecule has 1 fully saturated rings. The van der Waals surface area contributed by atoms with Crippen molar-refractivity contribution in [2.75, 3.05) is 18.5 Å². The summed E-state index contributed by atoms with van der Waals surface area (Å²) in [6.45, 7) is 2.65. The number of nitrogens with one attached hydrogen (secondary N) is 1. The molecule has 2 rings (SSSR count). The molecule has 0 aliphatic carbocycles. The monoisotopic (exact) mass is 388 g/mol. The molecule has 108 valence electrons. The number of rotatable bonds is 3. The maximum absolute atomic E-state index is 12.3. The Morgan fingerprint density at radius 2 is 2.30 bits per heavy atom. The highest BCUT2D eigenvalue weighted by Crippen LogP contribution is 2.20. The smallest absolute Gasteiger partial charge is 0.410 e. The van der Waals surface area contributed by atoms with Crippen LogP contribution in [0.5, 0.6) is 0 Å². The molecule has 1 aromatic rings. The molecule has 5 nitrogen and oxygen atoms in total. The highest BCUT2D eigenvalue weighted by molar-refractivity contribution is 14.1. The van der Waals surface area contributed by atoms with Gasteiger partial charge in [0.2, 0.25) is 5.91 Å². The number of hydrogen-bond donors (Lipinski definition) is 1. The second-order valence-electron chi connectivity index (χ2n) is 4.55. The van der Waals surface area contributed by atoms with E-state index in [1.54, 1.807) is 6.92 Å². The largest absolute Gasteiger partial charge is 0.450 e. The molecule has 20 heavy (non-hydrogen) atoms. The molecular formula is C14H17IN2O3. The van der Waals surface area contributed by atoms with Gasteiger partial charge in [-0.25, -0.2) is 4.79 Å². The number of benzene rings is 1. The first-order chi connectivity index (χ1) is 9.61. The number of nitrogens with zero attached hydrogens (tertiary/aromatic N) is 1. The molecule has 0 spiro atoms. The minimum absolute atomic E-state index is 0.155. The first-order valence-corrected chi connectivity index (χ1v) is 7.69. The molecule has 1 saturated heterocycles. The molecule has 1 heterocycles. The molecule has 0 radical (unpaired) electrons. The van der Waals surface area contributed by atoms with Crippen molar-refractivity contribution in [1.29, 1.82) is 0 Å². The van der Waals surface area contributed by atoms with Gasteiger partial charge in [-0.15, -0.1) is 0 Å². The van der Waals surface area contributed by atoms with Gasteiger partial charge in [-0.1, -0.05) is 6.07 Å². The predicted molar refractivity (Wildman–Crippen MR) is 84.5 cm³/mol. The summed E-state index contributed by atoms with van der Waals surface area (Å²) < 4.78 is 6.03. The molecule has 1 atom stereocenters. The second kappa shape index (κ2) is 6.92. The topological polar surface area (TPSA) is 58.6 Å². The van der Waals surface area contributed by atoms with Crippen LogP contribution in [0.3, 0.4) is 0 Å². The van der Waals surface area contributed by atoms with E-state index in [0.29, 0.717) is 19.6 Å². The lowest BCUT2D eigenvalue weighted by Gasteiger charge is -2.23. The van der Waals surface area contributed by atoms with Gasteiger partial charge in [0.05, 0.1) is 6.61 Å². The molecule has 0 saturated carbocycles. The van der Waals surface area contributed by atoms with Crippen LogP contribution in [0.25, 0.3) is 0 Å². The Morgan fingerprint density at radius 1 is 1.50 bits per heavy atom. The van der Waals surface area contributed by atoms with E-state index < -0.39 is 12.1 Å². The number of carbonyl (C=O) groups is 2. The van der Waals surface area contributed by atoms with Crippen LogP contribution in [0.15, 0.2) is 24.3 Å². The van der Waals surface area contributed by atoms with E-state index in [9.17, 15) is 9.59 Å². The number of carbonyl (C=O) groups excluding carboxylic acids is 2. The number of hydrogen-bond acceptors (Lipinski definition) is 3. The minimum Gasteiger partial charge on any atom is -0.450 e. The van der Waals surface area contributed by atoms with Crippen LogP contribution in [0.1, 0.15) is 19.8 Å². The molecule has 1 aliphatic heterocycles. The second-order valence-corrected chi connectivity index (χ2v) is 5.80. The maximum atomic E-state index is 12.3. The van der Waals surface area contributed by atoms with Crippen molar-refractivity contribution in [3.05, 3.63) is 27.8 Å². The Bertz CT molecular complexity index is 507. The molecule has 1 aliphatic rings. The lowest BCUT2D eigenvalue weighted by molar-refractivity contribution is -0.120. The average Bonchev–Trinajstić information content (AvgIpc) is 2.88. The van der Waals surface area contributed by atoms with Gasteiger partial charge in [0.1, 0.15) is 6.04 Å². The Kier molecular flexibility index (Phi) is 5.22. The van der Waals surface area contributed by atoms with Gasteiger partial charge in [-0.3, -0.25) is 9.69 Å². The van der Waals surface area contributed by atoms with Crippen molar-refractivity contribution < 1.29 is 14.3 Å². The van der Waals surface area contributed by atoms with Crippen molar-refractivity contribution in [3.63, 3.8) is 0 Å². The van der Waals surface area contributed by atoms with E-state index >= 15 is 0 Å². The third kappa shape index (κ3) is 3.62. The summed E-state index contributed by atoms with van der Waals surface area (Å²) >= 11 is 2.19. The molecule has 1 N–H and O–H groups in total. The summed E-state index contributed by atoms with van der Waals surface area (Å²) in [5.41, 5.74) is 0.748. The van der Waals surface area contributed by atoms with Crippen LogP contribution in [-0.2, 0) is 9.53 Å². The van der Waals surface area contributed by atoms with Crippen molar-refractivity contribution in [2.24, 2.45) is 0 Å². The third-order valence-corrected chi connectivity index (χ3v) is 3.82. The Hall–Kier alpha value is -1.31. The van der Waals surface area contributed by atoms with E-state index in [1.807, 2.05) is 24.3 Å². The molecule has 0 bridgehead atoms. The van der Waals surface area contributed by atoms with Gasteiger partial charge >= 0.3 is 6.09 Å². The summed E-state index contributed by atoms with van der Waals surface area (Å²) in [6.07, 6.45) is 1.09. The number of likely N-dealkylation sites (tertiary alicyclic amines) is 1. The van der Waals surface area contributed by atoms with Crippen LogP contribution in [0.4, 0.5) is 10.5 Å². The third-order valence-electron chi connectivity index (χ3n) is 3.15. The molecule has 1 unspecified atom stereocenters. The van der Waals surface area contributed by atoms with Crippen LogP contribution in [-0.4, -0.2) is 36.1 Å². The molecular weight excluding hydrogens is 371 g/mol. The zero-order valence-corrected chi connectivity index (χ0v) is 13.4. The van der Waals surface area contributed by atoms with Crippen LogP contribution < -0.4 is 5.32 Å². The number of halogens is 1. The van der Waals surface area contributed by atoms with Gasteiger partial charge in [0.15, 0.2) is 0 Å². The van der Waals surface area contributed by atoms with Gasteiger partial charge < -0.3 is 10.1 Å². The lowest BCUT2D eigenvalue weighted by Crippen LogP contribution is -2.43. The summed E-state index contributed by atoms with van der Waals surface area (Å²) in [5, 5.41) is 2.86. The van der Waals surface area contributed by atoms with Gasteiger partial charge in [-0.2, -0.15) is 0 Å². The fourth-order valence-corrected chi connectivity index (χ4v) is 2.80. The summed E-state index contributed by atoms with van der Waals surface area (Å²) in [5.74, 6) is -0.155. The fraction of sp³-hybridized carbons (Fsp3) is 0.429. The van der Waals surface area contributed by atoms with Crippen LogP contribution in [0, 0.1) is 3.57 Å². The molecule has 1 aromatic carbocycles. The number of amides is 2. The van der Waals surface area contributed by atoms with Crippen molar-refractivity contribution in [1.82, 2.24) is 4.90 Å². The van der Waals surface area contributed by atoms with Gasteiger partial charge in [0, 0.05) is 15.8 Å². The van der Waals surface area contributed by atoms with Crippen LogP contribution in [0.2, 0.25) is 0 Å². The lowest BCUT2D eigenvalue weighted by atomic mass is 10.2.